The Hall–Kier alpha value is -1.68. The molecule has 1 unspecified atom stereocenters. The molecule has 2 rings (SSSR count). The fraction of sp³-hybridized carbons (Fsp3) is 0.200. The molecule has 4 heteroatoms. The van der Waals surface area contributed by atoms with Crippen molar-refractivity contribution in [3.63, 3.8) is 0 Å². The zero-order valence-corrected chi connectivity index (χ0v) is 7.96. The lowest BCUT2D eigenvalue weighted by Crippen LogP contribution is -2.16. The Bertz CT molecular complexity index is 407. The predicted molar refractivity (Wildman–Crippen MR) is 53.5 cm³/mol. The van der Waals surface area contributed by atoms with Crippen LogP contribution in [0.25, 0.3) is 0 Å². The van der Waals surface area contributed by atoms with Gasteiger partial charge in [-0.05, 0) is 11.6 Å². The van der Waals surface area contributed by atoms with E-state index in [0.717, 1.165) is 11.4 Å². The lowest BCUT2D eigenvalue weighted by molar-refractivity contribution is 0.714. The molecule has 1 atom stereocenters. The lowest BCUT2D eigenvalue weighted by atomic mass is 10.1. The largest absolute Gasteiger partial charge is 0.336 e. The molecule has 0 aliphatic rings. The van der Waals surface area contributed by atoms with Crippen molar-refractivity contribution in [2.24, 2.45) is 12.8 Å². The third-order valence-electron chi connectivity index (χ3n) is 2.18. The monoisotopic (exact) mass is 188 g/mol. The minimum Gasteiger partial charge on any atom is -0.336 e. The molecule has 0 spiro atoms. The molecule has 0 aliphatic heterocycles. The van der Waals surface area contributed by atoms with Crippen LogP contribution in [0.2, 0.25) is 0 Å². The lowest BCUT2D eigenvalue weighted by Gasteiger charge is -2.10. The fourth-order valence-electron chi connectivity index (χ4n) is 1.39. The molecule has 2 heterocycles. The fourth-order valence-corrected chi connectivity index (χ4v) is 1.39. The molecule has 0 aromatic carbocycles. The van der Waals surface area contributed by atoms with Crippen LogP contribution in [0.1, 0.15) is 17.4 Å². The van der Waals surface area contributed by atoms with Gasteiger partial charge in [0.1, 0.15) is 5.82 Å². The van der Waals surface area contributed by atoms with Crippen molar-refractivity contribution < 1.29 is 0 Å². The number of nitrogens with two attached hydrogens (primary N) is 1. The van der Waals surface area contributed by atoms with Crippen LogP contribution in [0.5, 0.6) is 0 Å². The van der Waals surface area contributed by atoms with Crippen molar-refractivity contribution >= 4 is 0 Å². The quantitative estimate of drug-likeness (QED) is 0.760. The van der Waals surface area contributed by atoms with Gasteiger partial charge >= 0.3 is 0 Å². The first-order valence-electron chi connectivity index (χ1n) is 4.42. The van der Waals surface area contributed by atoms with Gasteiger partial charge in [-0.25, -0.2) is 4.98 Å². The van der Waals surface area contributed by atoms with Gasteiger partial charge in [0, 0.05) is 31.8 Å². The maximum atomic E-state index is 6.04. The first-order chi connectivity index (χ1) is 6.79. The molecule has 2 aromatic rings. The van der Waals surface area contributed by atoms with Gasteiger partial charge in [0.05, 0.1) is 6.04 Å². The zero-order valence-electron chi connectivity index (χ0n) is 7.96. The van der Waals surface area contributed by atoms with Crippen molar-refractivity contribution in [3.05, 3.63) is 48.3 Å². The average Bonchev–Trinajstić information content (AvgIpc) is 2.65. The van der Waals surface area contributed by atoms with Crippen LogP contribution in [0, 0.1) is 0 Å². The van der Waals surface area contributed by atoms with Gasteiger partial charge in [0.2, 0.25) is 0 Å². The highest BCUT2D eigenvalue weighted by atomic mass is 15.1. The van der Waals surface area contributed by atoms with Crippen LogP contribution in [0.3, 0.4) is 0 Å². The molecule has 2 N–H and O–H groups in total. The Morgan fingerprint density at radius 3 is 2.86 bits per heavy atom. The SMILES string of the molecule is Cn1ccnc1C(N)c1cccnc1. The predicted octanol–water partition coefficient (Wildman–Crippen LogP) is 0.863. The van der Waals surface area contributed by atoms with Crippen LogP contribution in [-0.2, 0) is 7.05 Å². The number of hydrogen-bond acceptors (Lipinski definition) is 3. The highest BCUT2D eigenvalue weighted by Crippen LogP contribution is 2.15. The van der Waals surface area contributed by atoms with E-state index in [1.807, 2.05) is 29.9 Å². The van der Waals surface area contributed by atoms with Crippen LogP contribution in [-0.4, -0.2) is 14.5 Å². The molecule has 0 saturated heterocycles. The van der Waals surface area contributed by atoms with Crippen molar-refractivity contribution in [2.45, 2.75) is 6.04 Å². The Labute approximate surface area is 82.4 Å². The van der Waals surface area contributed by atoms with E-state index in [4.69, 9.17) is 5.73 Å². The van der Waals surface area contributed by atoms with Gasteiger partial charge in [-0.2, -0.15) is 0 Å². The first kappa shape index (κ1) is 8.90. The summed E-state index contributed by atoms with van der Waals surface area (Å²) in [5.41, 5.74) is 7.01. The second-order valence-corrected chi connectivity index (χ2v) is 3.16. The average molecular weight is 188 g/mol. The minimum absolute atomic E-state index is 0.205. The van der Waals surface area contributed by atoms with Crippen LogP contribution in [0.15, 0.2) is 36.9 Å². The second kappa shape index (κ2) is 3.59. The van der Waals surface area contributed by atoms with E-state index in [0.29, 0.717) is 0 Å². The van der Waals surface area contributed by atoms with Gasteiger partial charge in [-0.3, -0.25) is 4.98 Å². The Balaban J connectivity index is 2.34. The third kappa shape index (κ3) is 1.52. The van der Waals surface area contributed by atoms with Crippen LogP contribution < -0.4 is 5.73 Å². The van der Waals surface area contributed by atoms with Crippen molar-refractivity contribution in [1.29, 1.82) is 0 Å². The molecular weight excluding hydrogens is 176 g/mol. The summed E-state index contributed by atoms with van der Waals surface area (Å²) < 4.78 is 1.91. The molecular formula is C10H12N4. The minimum atomic E-state index is -0.205. The molecule has 0 saturated carbocycles. The van der Waals surface area contributed by atoms with Gasteiger partial charge in [0.15, 0.2) is 0 Å². The summed E-state index contributed by atoms with van der Waals surface area (Å²) in [5, 5.41) is 0. The van der Waals surface area contributed by atoms with Gasteiger partial charge in [-0.15, -0.1) is 0 Å². The number of aryl methyl sites for hydroxylation is 1. The standard InChI is InChI=1S/C10H12N4/c1-14-6-5-13-10(14)9(11)8-3-2-4-12-7-8/h2-7,9H,11H2,1H3. The van der Waals surface area contributed by atoms with E-state index in [9.17, 15) is 0 Å². The van der Waals surface area contributed by atoms with Crippen molar-refractivity contribution in [1.82, 2.24) is 14.5 Å². The highest BCUT2D eigenvalue weighted by molar-refractivity contribution is 5.20. The normalized spacial score (nSPS) is 12.7. The Morgan fingerprint density at radius 2 is 2.29 bits per heavy atom. The van der Waals surface area contributed by atoms with E-state index in [2.05, 4.69) is 9.97 Å². The molecule has 4 nitrogen and oxygen atoms in total. The van der Waals surface area contributed by atoms with Gasteiger partial charge in [-0.1, -0.05) is 6.07 Å². The van der Waals surface area contributed by atoms with E-state index in [-0.39, 0.29) is 6.04 Å². The molecule has 2 aromatic heterocycles. The number of nitrogens with zero attached hydrogens (tertiary/aromatic N) is 3. The molecule has 0 amide bonds. The summed E-state index contributed by atoms with van der Waals surface area (Å²) in [5.74, 6) is 0.845. The summed E-state index contributed by atoms with van der Waals surface area (Å²) in [7, 11) is 1.93. The van der Waals surface area contributed by atoms with Crippen LogP contribution in [0.4, 0.5) is 0 Å². The number of hydrogen-bond donors (Lipinski definition) is 1. The summed E-state index contributed by atoms with van der Waals surface area (Å²) in [6, 6.07) is 3.62. The van der Waals surface area contributed by atoms with E-state index in [1.54, 1.807) is 18.6 Å². The highest BCUT2D eigenvalue weighted by Gasteiger charge is 2.12. The molecule has 0 aliphatic carbocycles. The van der Waals surface area contributed by atoms with Crippen LogP contribution >= 0.6 is 0 Å². The Morgan fingerprint density at radius 1 is 1.43 bits per heavy atom. The smallest absolute Gasteiger partial charge is 0.130 e. The molecule has 0 fully saturated rings. The maximum Gasteiger partial charge on any atom is 0.130 e. The number of pyridine rings is 1. The maximum absolute atomic E-state index is 6.04. The van der Waals surface area contributed by atoms with E-state index < -0.39 is 0 Å². The second-order valence-electron chi connectivity index (χ2n) is 3.16. The van der Waals surface area contributed by atoms with Gasteiger partial charge < -0.3 is 10.3 Å². The molecule has 14 heavy (non-hydrogen) atoms. The summed E-state index contributed by atoms with van der Waals surface area (Å²) in [6.45, 7) is 0. The summed E-state index contributed by atoms with van der Waals surface area (Å²) >= 11 is 0. The number of aromatic nitrogens is 3. The van der Waals surface area contributed by atoms with Crippen molar-refractivity contribution in [2.75, 3.05) is 0 Å². The first-order valence-corrected chi connectivity index (χ1v) is 4.42. The zero-order chi connectivity index (χ0) is 9.97. The number of imidazole rings is 1. The van der Waals surface area contributed by atoms with E-state index in [1.165, 1.54) is 0 Å². The molecule has 72 valence electrons. The topological polar surface area (TPSA) is 56.7 Å². The Kier molecular flexibility index (Phi) is 2.28. The summed E-state index contributed by atoms with van der Waals surface area (Å²) in [4.78, 5) is 8.23. The third-order valence-corrected chi connectivity index (χ3v) is 2.18. The van der Waals surface area contributed by atoms with E-state index >= 15 is 0 Å². The number of rotatable bonds is 2. The van der Waals surface area contributed by atoms with Crippen molar-refractivity contribution in [3.8, 4) is 0 Å². The summed E-state index contributed by atoms with van der Waals surface area (Å²) in [6.07, 6.45) is 7.12. The molecule has 0 bridgehead atoms. The molecule has 0 radical (unpaired) electrons. The van der Waals surface area contributed by atoms with Gasteiger partial charge in [0.25, 0.3) is 0 Å².